The zero-order valence-corrected chi connectivity index (χ0v) is 12.3. The van der Waals surface area contributed by atoms with Crippen molar-refractivity contribution in [1.29, 1.82) is 0 Å². The van der Waals surface area contributed by atoms with E-state index >= 15 is 0 Å². The molecule has 4 nitrogen and oxygen atoms in total. The number of nitrogens with two attached hydrogens (primary N) is 1. The Morgan fingerprint density at radius 3 is 2.65 bits per heavy atom. The Hall–Kier alpha value is -1.40. The lowest BCUT2D eigenvalue weighted by atomic mass is 10.2. The van der Waals surface area contributed by atoms with Crippen LogP contribution in [0.25, 0.3) is 10.9 Å². The zero-order valence-electron chi connectivity index (χ0n) is 11.5. The van der Waals surface area contributed by atoms with E-state index < -0.39 is 15.8 Å². The van der Waals surface area contributed by atoms with Gasteiger partial charge in [0.25, 0.3) is 0 Å². The molecule has 0 unspecified atom stereocenters. The number of aromatic nitrogens is 1. The van der Waals surface area contributed by atoms with Crippen LogP contribution in [0.15, 0.2) is 29.3 Å². The Labute approximate surface area is 118 Å². The SMILES string of the molecule is CCCCCCn1cc(S(N)(=O)=O)c2cc(F)ccc21. The fraction of sp³-hybridized carbons (Fsp3) is 0.429. The minimum Gasteiger partial charge on any atom is -0.346 e. The maximum absolute atomic E-state index is 13.3. The second-order valence-electron chi connectivity index (χ2n) is 4.95. The molecule has 0 aliphatic carbocycles. The van der Waals surface area contributed by atoms with Gasteiger partial charge in [-0.05, 0) is 24.6 Å². The van der Waals surface area contributed by atoms with Crippen molar-refractivity contribution in [3.05, 3.63) is 30.2 Å². The Balaban J connectivity index is 2.40. The highest BCUT2D eigenvalue weighted by Gasteiger charge is 2.17. The molecule has 0 fully saturated rings. The number of sulfonamides is 1. The summed E-state index contributed by atoms with van der Waals surface area (Å²) >= 11 is 0. The standard InChI is InChI=1S/C14H19FN2O2S/c1-2-3-4-5-8-17-10-14(20(16,18)19)12-9-11(15)6-7-13(12)17/h6-7,9-10H,2-5,8H2,1H3,(H2,16,18,19). The van der Waals surface area contributed by atoms with Gasteiger partial charge in [0.15, 0.2) is 0 Å². The first-order valence-electron chi connectivity index (χ1n) is 6.74. The number of unbranched alkanes of at least 4 members (excludes halogenated alkanes) is 3. The van der Waals surface area contributed by atoms with E-state index in [4.69, 9.17) is 5.14 Å². The number of primary sulfonamides is 1. The van der Waals surface area contributed by atoms with Gasteiger partial charge in [0, 0.05) is 23.6 Å². The summed E-state index contributed by atoms with van der Waals surface area (Å²) in [6.45, 7) is 2.84. The van der Waals surface area contributed by atoms with Crippen LogP contribution in [0.2, 0.25) is 0 Å². The molecule has 0 amide bonds. The molecule has 110 valence electrons. The molecule has 0 aliphatic rings. The molecule has 0 spiro atoms. The van der Waals surface area contributed by atoms with Gasteiger partial charge in [0.2, 0.25) is 10.0 Å². The quantitative estimate of drug-likeness (QED) is 0.833. The Kier molecular flexibility index (Phi) is 4.45. The highest BCUT2D eigenvalue weighted by atomic mass is 32.2. The molecule has 20 heavy (non-hydrogen) atoms. The smallest absolute Gasteiger partial charge is 0.240 e. The number of hydrogen-bond donors (Lipinski definition) is 1. The van der Waals surface area contributed by atoms with Crippen LogP contribution in [-0.2, 0) is 16.6 Å². The first-order valence-corrected chi connectivity index (χ1v) is 8.29. The first-order chi connectivity index (χ1) is 9.43. The lowest BCUT2D eigenvalue weighted by Crippen LogP contribution is -2.11. The Morgan fingerprint density at radius 1 is 1.25 bits per heavy atom. The normalized spacial score (nSPS) is 12.2. The van der Waals surface area contributed by atoms with Gasteiger partial charge in [-0.25, -0.2) is 17.9 Å². The maximum atomic E-state index is 13.3. The second-order valence-corrected chi connectivity index (χ2v) is 6.48. The molecule has 0 saturated heterocycles. The molecule has 1 heterocycles. The van der Waals surface area contributed by atoms with E-state index in [0.717, 1.165) is 25.7 Å². The zero-order chi connectivity index (χ0) is 14.8. The Morgan fingerprint density at radius 2 is 2.00 bits per heavy atom. The molecular weight excluding hydrogens is 279 g/mol. The third-order valence-corrected chi connectivity index (χ3v) is 4.30. The van der Waals surface area contributed by atoms with Crippen LogP contribution < -0.4 is 5.14 Å². The number of nitrogens with zero attached hydrogens (tertiary/aromatic N) is 1. The highest BCUT2D eigenvalue weighted by Crippen LogP contribution is 2.26. The minimum atomic E-state index is -3.85. The molecular formula is C14H19FN2O2S. The van der Waals surface area contributed by atoms with Crippen molar-refractivity contribution in [3.8, 4) is 0 Å². The topological polar surface area (TPSA) is 65.1 Å². The molecule has 0 bridgehead atoms. The van der Waals surface area contributed by atoms with E-state index in [0.29, 0.717) is 17.4 Å². The van der Waals surface area contributed by atoms with Gasteiger partial charge in [0.1, 0.15) is 10.7 Å². The number of fused-ring (bicyclic) bond motifs is 1. The molecule has 2 aromatic rings. The molecule has 6 heteroatoms. The summed E-state index contributed by atoms with van der Waals surface area (Å²) in [6.07, 6.45) is 5.84. The largest absolute Gasteiger partial charge is 0.346 e. The lowest BCUT2D eigenvalue weighted by molar-refractivity contribution is 0.586. The Bertz CT molecular complexity index is 707. The molecule has 2 rings (SSSR count). The van der Waals surface area contributed by atoms with Crippen molar-refractivity contribution in [2.24, 2.45) is 5.14 Å². The number of benzene rings is 1. The van der Waals surface area contributed by atoms with E-state index in [-0.39, 0.29) is 4.90 Å². The van der Waals surface area contributed by atoms with E-state index in [9.17, 15) is 12.8 Å². The third kappa shape index (κ3) is 3.19. The van der Waals surface area contributed by atoms with Gasteiger partial charge in [0.05, 0.1) is 0 Å². The van der Waals surface area contributed by atoms with Crippen molar-refractivity contribution in [1.82, 2.24) is 4.57 Å². The van der Waals surface area contributed by atoms with Gasteiger partial charge < -0.3 is 4.57 Å². The van der Waals surface area contributed by atoms with Crippen LogP contribution in [0.4, 0.5) is 4.39 Å². The van der Waals surface area contributed by atoms with E-state index in [2.05, 4.69) is 6.92 Å². The third-order valence-electron chi connectivity index (χ3n) is 3.37. The minimum absolute atomic E-state index is 0.0116. The summed E-state index contributed by atoms with van der Waals surface area (Å²) in [6, 6.07) is 4.15. The van der Waals surface area contributed by atoms with Gasteiger partial charge in [-0.3, -0.25) is 0 Å². The predicted molar refractivity (Wildman–Crippen MR) is 77.4 cm³/mol. The van der Waals surface area contributed by atoms with Gasteiger partial charge in [-0.1, -0.05) is 26.2 Å². The summed E-state index contributed by atoms with van der Waals surface area (Å²) in [5, 5.41) is 5.55. The van der Waals surface area contributed by atoms with Crippen LogP contribution in [0.5, 0.6) is 0 Å². The maximum Gasteiger partial charge on any atom is 0.240 e. The van der Waals surface area contributed by atoms with Crippen molar-refractivity contribution >= 4 is 20.9 Å². The van der Waals surface area contributed by atoms with Crippen LogP contribution in [0, 0.1) is 5.82 Å². The first kappa shape index (κ1) is 15.0. The van der Waals surface area contributed by atoms with E-state index in [1.807, 2.05) is 4.57 Å². The van der Waals surface area contributed by atoms with Crippen LogP contribution in [0.1, 0.15) is 32.6 Å². The van der Waals surface area contributed by atoms with Crippen molar-refractivity contribution in [3.63, 3.8) is 0 Å². The summed E-state index contributed by atoms with van der Waals surface area (Å²) in [4.78, 5) is -0.0116. The fourth-order valence-electron chi connectivity index (χ4n) is 2.36. The summed E-state index contributed by atoms with van der Waals surface area (Å²) in [5.74, 6) is -0.467. The van der Waals surface area contributed by atoms with Gasteiger partial charge >= 0.3 is 0 Å². The predicted octanol–water partition coefficient (Wildman–Crippen LogP) is 3.01. The summed E-state index contributed by atoms with van der Waals surface area (Å²) < 4.78 is 38.3. The summed E-state index contributed by atoms with van der Waals surface area (Å²) in [5.41, 5.74) is 0.701. The van der Waals surface area contributed by atoms with E-state index in [1.54, 1.807) is 6.07 Å². The van der Waals surface area contributed by atoms with Crippen LogP contribution >= 0.6 is 0 Å². The van der Waals surface area contributed by atoms with Crippen molar-refractivity contribution in [2.75, 3.05) is 0 Å². The highest BCUT2D eigenvalue weighted by molar-refractivity contribution is 7.89. The lowest BCUT2D eigenvalue weighted by Gasteiger charge is -2.04. The van der Waals surface area contributed by atoms with Gasteiger partial charge in [-0.15, -0.1) is 0 Å². The van der Waals surface area contributed by atoms with Crippen molar-refractivity contribution in [2.45, 2.75) is 44.0 Å². The van der Waals surface area contributed by atoms with Gasteiger partial charge in [-0.2, -0.15) is 0 Å². The molecule has 0 saturated carbocycles. The molecule has 0 radical (unpaired) electrons. The average molecular weight is 298 g/mol. The fourth-order valence-corrected chi connectivity index (χ4v) is 3.10. The second kappa shape index (κ2) is 5.93. The average Bonchev–Trinajstić information content (AvgIpc) is 2.72. The van der Waals surface area contributed by atoms with Crippen molar-refractivity contribution < 1.29 is 12.8 Å². The molecule has 0 atom stereocenters. The van der Waals surface area contributed by atoms with Crippen LogP contribution in [0.3, 0.4) is 0 Å². The number of rotatable bonds is 6. The number of hydrogen-bond acceptors (Lipinski definition) is 2. The van der Waals surface area contributed by atoms with Crippen LogP contribution in [-0.4, -0.2) is 13.0 Å². The number of aryl methyl sites for hydroxylation is 1. The van der Waals surface area contributed by atoms with E-state index in [1.165, 1.54) is 18.3 Å². The monoisotopic (exact) mass is 298 g/mol. The molecule has 1 aromatic carbocycles. The summed E-state index contributed by atoms with van der Waals surface area (Å²) in [7, 11) is -3.85. The number of halogens is 1. The molecule has 0 aliphatic heterocycles. The molecule has 1 aromatic heterocycles. The molecule has 2 N–H and O–H groups in total.